The second kappa shape index (κ2) is 3.41. The summed E-state index contributed by atoms with van der Waals surface area (Å²) in [6.07, 6.45) is 0. The predicted octanol–water partition coefficient (Wildman–Crippen LogP) is 2.07. The van der Waals surface area contributed by atoms with E-state index in [1.165, 1.54) is 27.3 Å². The molecule has 0 aliphatic rings. The SMILES string of the molecule is Bc1ccc2c(c1)c1ccccc1n2CC. The van der Waals surface area contributed by atoms with Crippen LogP contribution in [0.15, 0.2) is 42.5 Å². The van der Waals surface area contributed by atoms with Crippen molar-refractivity contribution >= 4 is 35.1 Å². The molecule has 0 saturated heterocycles. The molecule has 78 valence electrons. The van der Waals surface area contributed by atoms with Gasteiger partial charge in [-0.05, 0) is 19.1 Å². The van der Waals surface area contributed by atoms with E-state index in [0.717, 1.165) is 6.54 Å². The Balaban J connectivity index is 2.59. The maximum absolute atomic E-state index is 2.38. The minimum Gasteiger partial charge on any atom is -0.341 e. The molecule has 0 N–H and O–H groups in total. The summed E-state index contributed by atoms with van der Waals surface area (Å²) >= 11 is 0. The Labute approximate surface area is 96.1 Å². The van der Waals surface area contributed by atoms with Gasteiger partial charge in [0.25, 0.3) is 0 Å². The molecule has 0 bridgehead atoms. The van der Waals surface area contributed by atoms with Crippen LogP contribution in [0.2, 0.25) is 0 Å². The fourth-order valence-electron chi connectivity index (χ4n) is 2.51. The summed E-state index contributed by atoms with van der Waals surface area (Å²) in [5, 5.41) is 2.74. The van der Waals surface area contributed by atoms with E-state index in [1.54, 1.807) is 0 Å². The molecular weight excluding hydrogens is 193 g/mol. The molecule has 0 fully saturated rings. The van der Waals surface area contributed by atoms with Crippen LogP contribution in [0.25, 0.3) is 21.8 Å². The third-order valence-corrected chi connectivity index (χ3v) is 3.24. The van der Waals surface area contributed by atoms with Crippen LogP contribution in [0, 0.1) is 0 Å². The van der Waals surface area contributed by atoms with E-state index in [1.807, 2.05) is 0 Å². The highest BCUT2D eigenvalue weighted by molar-refractivity contribution is 6.33. The van der Waals surface area contributed by atoms with Gasteiger partial charge in [0.15, 0.2) is 0 Å². The van der Waals surface area contributed by atoms with Crippen LogP contribution in [0.4, 0.5) is 0 Å². The predicted molar refractivity (Wildman–Crippen MR) is 73.3 cm³/mol. The van der Waals surface area contributed by atoms with Crippen LogP contribution in [-0.4, -0.2) is 12.4 Å². The fraction of sp³-hybridized carbons (Fsp3) is 0.143. The van der Waals surface area contributed by atoms with Crippen LogP contribution < -0.4 is 5.46 Å². The lowest BCUT2D eigenvalue weighted by atomic mass is 9.94. The molecule has 16 heavy (non-hydrogen) atoms. The average molecular weight is 207 g/mol. The van der Waals surface area contributed by atoms with Crippen LogP contribution in [-0.2, 0) is 6.54 Å². The van der Waals surface area contributed by atoms with Crippen LogP contribution in [0.1, 0.15) is 6.92 Å². The van der Waals surface area contributed by atoms with Crippen molar-refractivity contribution in [2.75, 3.05) is 0 Å². The first kappa shape index (κ1) is 9.53. The quantitative estimate of drug-likeness (QED) is 0.538. The lowest BCUT2D eigenvalue weighted by Crippen LogP contribution is -2.00. The highest BCUT2D eigenvalue weighted by Gasteiger charge is 2.07. The van der Waals surface area contributed by atoms with Crippen LogP contribution in [0.3, 0.4) is 0 Å². The molecule has 0 saturated carbocycles. The fourth-order valence-corrected chi connectivity index (χ4v) is 2.51. The van der Waals surface area contributed by atoms with Crippen molar-refractivity contribution in [1.29, 1.82) is 0 Å². The number of hydrogen-bond acceptors (Lipinski definition) is 0. The zero-order valence-corrected chi connectivity index (χ0v) is 9.70. The van der Waals surface area contributed by atoms with Gasteiger partial charge in [0.05, 0.1) is 0 Å². The summed E-state index contributed by atoms with van der Waals surface area (Å²) in [5.41, 5.74) is 4.01. The lowest BCUT2D eigenvalue weighted by molar-refractivity contribution is 0.827. The molecule has 2 heteroatoms. The first-order valence-electron chi connectivity index (χ1n) is 5.79. The molecule has 3 rings (SSSR count). The van der Waals surface area contributed by atoms with Crippen LogP contribution >= 0.6 is 0 Å². The van der Waals surface area contributed by atoms with E-state index in [4.69, 9.17) is 0 Å². The van der Waals surface area contributed by atoms with E-state index in [0.29, 0.717) is 0 Å². The normalized spacial score (nSPS) is 11.3. The Hall–Kier alpha value is -1.70. The van der Waals surface area contributed by atoms with Gasteiger partial charge in [-0.25, -0.2) is 0 Å². The van der Waals surface area contributed by atoms with Crippen LogP contribution in [0.5, 0.6) is 0 Å². The number of rotatable bonds is 1. The van der Waals surface area contributed by atoms with Gasteiger partial charge >= 0.3 is 0 Å². The monoisotopic (exact) mass is 207 g/mol. The number of hydrogen-bond donors (Lipinski definition) is 0. The minimum absolute atomic E-state index is 1.02. The largest absolute Gasteiger partial charge is 0.341 e. The topological polar surface area (TPSA) is 4.93 Å². The third kappa shape index (κ3) is 1.19. The zero-order chi connectivity index (χ0) is 11.1. The molecule has 2 aromatic carbocycles. The number of para-hydroxylation sites is 1. The molecule has 1 nitrogen and oxygen atoms in total. The van der Waals surface area contributed by atoms with Crippen molar-refractivity contribution < 1.29 is 0 Å². The Morgan fingerprint density at radius 2 is 1.75 bits per heavy atom. The summed E-state index contributed by atoms with van der Waals surface area (Å²) in [5.74, 6) is 0. The smallest absolute Gasteiger partial charge is 0.139 e. The second-order valence-electron chi connectivity index (χ2n) is 4.28. The van der Waals surface area contributed by atoms with E-state index in [9.17, 15) is 0 Å². The Morgan fingerprint density at radius 3 is 2.56 bits per heavy atom. The molecule has 1 heterocycles. The highest BCUT2D eigenvalue weighted by Crippen LogP contribution is 2.27. The molecule has 0 atom stereocenters. The molecular formula is C14H14BN. The molecule has 0 spiro atoms. The molecule has 0 unspecified atom stereocenters. The van der Waals surface area contributed by atoms with Gasteiger partial charge in [-0.1, -0.05) is 35.8 Å². The lowest BCUT2D eigenvalue weighted by Gasteiger charge is -2.02. The Kier molecular flexibility index (Phi) is 2.03. The van der Waals surface area contributed by atoms with E-state index in [2.05, 4.69) is 61.8 Å². The maximum Gasteiger partial charge on any atom is 0.139 e. The summed E-state index contributed by atoms with van der Waals surface area (Å²) in [6, 6.07) is 15.3. The van der Waals surface area contributed by atoms with E-state index in [-0.39, 0.29) is 0 Å². The summed E-state index contributed by atoms with van der Waals surface area (Å²) in [4.78, 5) is 0. The van der Waals surface area contributed by atoms with Crippen molar-refractivity contribution in [2.24, 2.45) is 0 Å². The first-order valence-corrected chi connectivity index (χ1v) is 5.79. The number of aryl methyl sites for hydroxylation is 1. The van der Waals surface area contributed by atoms with E-state index < -0.39 is 0 Å². The van der Waals surface area contributed by atoms with Gasteiger partial charge in [0.2, 0.25) is 0 Å². The van der Waals surface area contributed by atoms with Gasteiger partial charge in [0.1, 0.15) is 7.85 Å². The summed E-state index contributed by atoms with van der Waals surface area (Å²) < 4.78 is 2.38. The molecule has 0 aliphatic carbocycles. The molecule has 3 aromatic rings. The Morgan fingerprint density at radius 1 is 1.00 bits per heavy atom. The Bertz CT molecular complexity index is 667. The van der Waals surface area contributed by atoms with Gasteiger partial charge in [0, 0.05) is 28.4 Å². The van der Waals surface area contributed by atoms with Crippen molar-refractivity contribution in [3.05, 3.63) is 42.5 Å². The van der Waals surface area contributed by atoms with Gasteiger partial charge in [-0.15, -0.1) is 0 Å². The van der Waals surface area contributed by atoms with Gasteiger partial charge in [-0.2, -0.15) is 0 Å². The standard InChI is InChI=1S/C14H14BN/c1-2-16-13-6-4-3-5-11(13)12-9-10(15)7-8-14(12)16/h3-9H,2,15H2,1H3. The number of fused-ring (bicyclic) bond motifs is 3. The summed E-state index contributed by atoms with van der Waals surface area (Å²) in [7, 11) is 2.15. The van der Waals surface area contributed by atoms with Crippen molar-refractivity contribution in [1.82, 2.24) is 4.57 Å². The maximum atomic E-state index is 2.38. The molecule has 1 aromatic heterocycles. The number of benzene rings is 2. The molecule has 0 aliphatic heterocycles. The third-order valence-electron chi connectivity index (χ3n) is 3.24. The first-order chi connectivity index (χ1) is 7.81. The van der Waals surface area contributed by atoms with Crippen molar-refractivity contribution in [3.8, 4) is 0 Å². The number of nitrogens with zero attached hydrogens (tertiary/aromatic N) is 1. The average Bonchev–Trinajstić information content (AvgIpc) is 2.62. The zero-order valence-electron chi connectivity index (χ0n) is 9.70. The van der Waals surface area contributed by atoms with Gasteiger partial charge in [-0.3, -0.25) is 0 Å². The minimum atomic E-state index is 1.02. The number of aromatic nitrogens is 1. The van der Waals surface area contributed by atoms with E-state index >= 15 is 0 Å². The molecule has 0 radical (unpaired) electrons. The molecule has 0 amide bonds. The second-order valence-corrected chi connectivity index (χ2v) is 4.28. The summed E-state index contributed by atoms with van der Waals surface area (Å²) in [6.45, 7) is 3.22. The van der Waals surface area contributed by atoms with Crippen molar-refractivity contribution in [3.63, 3.8) is 0 Å². The highest BCUT2D eigenvalue weighted by atomic mass is 15.0. The van der Waals surface area contributed by atoms with Gasteiger partial charge < -0.3 is 4.57 Å². The van der Waals surface area contributed by atoms with Crippen molar-refractivity contribution in [2.45, 2.75) is 13.5 Å².